The molecule has 0 aliphatic rings. The number of aromatic nitrogens is 2. The Kier molecular flexibility index (Phi) is 4.08. The third-order valence-corrected chi connectivity index (χ3v) is 3.22. The summed E-state index contributed by atoms with van der Waals surface area (Å²) in [5.74, 6) is -0.129. The second-order valence-corrected chi connectivity index (χ2v) is 4.51. The van der Waals surface area contributed by atoms with Crippen molar-refractivity contribution in [2.75, 3.05) is 12.3 Å². The predicted octanol–water partition coefficient (Wildman–Crippen LogP) is 2.50. The molecule has 2 rings (SSSR count). The number of ether oxygens (including phenoxy) is 1. The van der Waals surface area contributed by atoms with E-state index >= 15 is 0 Å². The minimum absolute atomic E-state index is 0.303. The van der Waals surface area contributed by atoms with Crippen LogP contribution < -0.4 is 5.73 Å². The maximum atomic E-state index is 11.8. The van der Waals surface area contributed by atoms with Crippen molar-refractivity contribution in [2.45, 2.75) is 27.2 Å². The Hall–Kier alpha value is -2.30. The summed E-state index contributed by atoms with van der Waals surface area (Å²) < 4.78 is 6.58. The van der Waals surface area contributed by atoms with Gasteiger partial charge in [-0.2, -0.15) is 5.10 Å². The van der Waals surface area contributed by atoms with Crippen LogP contribution in [0.3, 0.4) is 0 Å². The molecule has 5 heteroatoms. The topological polar surface area (TPSA) is 70.1 Å². The zero-order valence-corrected chi connectivity index (χ0v) is 12.0. The number of esters is 1. The first-order valence-corrected chi connectivity index (χ1v) is 6.69. The zero-order valence-electron chi connectivity index (χ0n) is 12.0. The number of nitrogens with two attached hydrogens (primary N) is 1. The molecule has 0 radical (unpaired) electrons. The molecule has 0 saturated heterocycles. The van der Waals surface area contributed by atoms with Crippen molar-refractivity contribution >= 4 is 11.8 Å². The van der Waals surface area contributed by atoms with Crippen molar-refractivity contribution in [1.82, 2.24) is 9.78 Å². The lowest BCUT2D eigenvalue weighted by atomic mass is 10.1. The molecule has 0 amide bonds. The summed E-state index contributed by atoms with van der Waals surface area (Å²) in [4.78, 5) is 11.8. The van der Waals surface area contributed by atoms with Crippen molar-refractivity contribution in [3.63, 3.8) is 0 Å². The van der Waals surface area contributed by atoms with Gasteiger partial charge in [-0.1, -0.05) is 25.1 Å². The number of anilines is 1. The van der Waals surface area contributed by atoms with Crippen LogP contribution in [0.15, 0.2) is 24.4 Å². The maximum absolute atomic E-state index is 11.8. The van der Waals surface area contributed by atoms with E-state index < -0.39 is 5.97 Å². The van der Waals surface area contributed by atoms with Crippen LogP contribution in [0, 0.1) is 6.92 Å². The molecular formula is C15H19N3O2. The first kappa shape index (κ1) is 14.1. The zero-order chi connectivity index (χ0) is 14.7. The number of nitrogen functional groups attached to an aromatic ring is 1. The number of hydrogen-bond donors (Lipinski definition) is 1. The molecule has 0 bridgehead atoms. The highest BCUT2D eigenvalue weighted by Gasteiger charge is 2.19. The number of aryl methyl sites for hydroxylation is 2. The highest BCUT2D eigenvalue weighted by molar-refractivity contribution is 5.94. The molecular weight excluding hydrogens is 254 g/mol. The van der Waals surface area contributed by atoms with Gasteiger partial charge in [-0.15, -0.1) is 0 Å². The van der Waals surface area contributed by atoms with Gasteiger partial charge >= 0.3 is 5.97 Å². The molecule has 0 spiro atoms. The SMILES string of the molecule is CCOC(=O)c1cnn(-c2c(C)cccc2CC)c1N. The van der Waals surface area contributed by atoms with Gasteiger partial charge < -0.3 is 10.5 Å². The number of carbonyl (C=O) groups excluding carboxylic acids is 1. The number of benzene rings is 1. The number of rotatable bonds is 4. The van der Waals surface area contributed by atoms with Crippen LogP contribution in [0.4, 0.5) is 5.82 Å². The van der Waals surface area contributed by atoms with Gasteiger partial charge in [-0.3, -0.25) is 0 Å². The lowest BCUT2D eigenvalue weighted by Crippen LogP contribution is -2.10. The van der Waals surface area contributed by atoms with Gasteiger partial charge in [-0.25, -0.2) is 9.48 Å². The van der Waals surface area contributed by atoms with E-state index in [9.17, 15) is 4.79 Å². The van der Waals surface area contributed by atoms with Crippen molar-refractivity contribution in [1.29, 1.82) is 0 Å². The van der Waals surface area contributed by atoms with Crippen molar-refractivity contribution in [3.05, 3.63) is 41.1 Å². The monoisotopic (exact) mass is 273 g/mol. The second-order valence-electron chi connectivity index (χ2n) is 4.51. The summed E-state index contributed by atoms with van der Waals surface area (Å²) >= 11 is 0. The molecule has 0 fully saturated rings. The largest absolute Gasteiger partial charge is 0.462 e. The minimum Gasteiger partial charge on any atom is -0.462 e. The molecule has 1 aromatic carbocycles. The van der Waals surface area contributed by atoms with E-state index in [1.54, 1.807) is 11.6 Å². The van der Waals surface area contributed by atoms with Gasteiger partial charge in [-0.05, 0) is 31.4 Å². The summed E-state index contributed by atoms with van der Waals surface area (Å²) in [5.41, 5.74) is 9.49. The Balaban J connectivity index is 2.53. The average Bonchev–Trinajstić information content (AvgIpc) is 2.80. The molecule has 2 N–H and O–H groups in total. The summed E-state index contributed by atoms with van der Waals surface area (Å²) in [5, 5.41) is 4.25. The molecule has 0 atom stereocenters. The van der Waals surface area contributed by atoms with Gasteiger partial charge in [0.15, 0.2) is 0 Å². The Morgan fingerprint density at radius 3 is 2.80 bits per heavy atom. The molecule has 0 unspecified atom stereocenters. The van der Waals surface area contributed by atoms with Crippen LogP contribution in [0.2, 0.25) is 0 Å². The van der Waals surface area contributed by atoms with Crippen molar-refractivity contribution in [3.8, 4) is 5.69 Å². The molecule has 1 heterocycles. The van der Waals surface area contributed by atoms with Crippen LogP contribution in [-0.2, 0) is 11.2 Å². The van der Waals surface area contributed by atoms with E-state index in [1.165, 1.54) is 6.20 Å². The lowest BCUT2D eigenvalue weighted by molar-refractivity contribution is 0.0527. The number of carbonyl (C=O) groups is 1. The molecule has 1 aromatic heterocycles. The molecule has 5 nitrogen and oxygen atoms in total. The fourth-order valence-corrected chi connectivity index (χ4v) is 2.21. The van der Waals surface area contributed by atoms with E-state index in [4.69, 9.17) is 10.5 Å². The third kappa shape index (κ3) is 2.39. The van der Waals surface area contributed by atoms with Crippen LogP contribution in [0.25, 0.3) is 5.69 Å². The van der Waals surface area contributed by atoms with Gasteiger partial charge in [0.1, 0.15) is 11.4 Å². The second kappa shape index (κ2) is 5.77. The number of nitrogens with zero attached hydrogens (tertiary/aromatic N) is 2. The van der Waals surface area contributed by atoms with E-state index in [-0.39, 0.29) is 0 Å². The van der Waals surface area contributed by atoms with Crippen LogP contribution in [0.1, 0.15) is 35.3 Å². The Labute approximate surface area is 118 Å². The summed E-state index contributed by atoms with van der Waals surface area (Å²) in [6.07, 6.45) is 2.32. The van der Waals surface area contributed by atoms with Crippen molar-refractivity contribution in [2.24, 2.45) is 0 Å². The van der Waals surface area contributed by atoms with Gasteiger partial charge in [0.2, 0.25) is 0 Å². The van der Waals surface area contributed by atoms with Gasteiger partial charge in [0, 0.05) is 0 Å². The van der Waals surface area contributed by atoms with Crippen LogP contribution in [-0.4, -0.2) is 22.4 Å². The lowest BCUT2D eigenvalue weighted by Gasteiger charge is -2.13. The number of hydrogen-bond acceptors (Lipinski definition) is 4. The van der Waals surface area contributed by atoms with E-state index in [2.05, 4.69) is 12.0 Å². The fourth-order valence-electron chi connectivity index (χ4n) is 2.21. The molecule has 0 aliphatic heterocycles. The van der Waals surface area contributed by atoms with Crippen LogP contribution in [0.5, 0.6) is 0 Å². The van der Waals surface area contributed by atoms with E-state index in [1.807, 2.05) is 25.1 Å². The Morgan fingerprint density at radius 2 is 2.15 bits per heavy atom. The summed E-state index contributed by atoms with van der Waals surface area (Å²) in [7, 11) is 0. The molecule has 0 saturated carbocycles. The molecule has 2 aromatic rings. The standard InChI is InChI=1S/C15H19N3O2/c1-4-11-8-6-7-10(3)13(11)18-14(16)12(9-17-18)15(19)20-5-2/h6-9H,4-5,16H2,1-3H3. The summed E-state index contributed by atoms with van der Waals surface area (Å²) in [6.45, 7) is 6.15. The molecule has 0 aliphatic carbocycles. The Morgan fingerprint density at radius 1 is 1.40 bits per heavy atom. The quantitative estimate of drug-likeness (QED) is 0.869. The first-order valence-electron chi connectivity index (χ1n) is 6.69. The normalized spacial score (nSPS) is 10.6. The maximum Gasteiger partial charge on any atom is 0.343 e. The third-order valence-electron chi connectivity index (χ3n) is 3.22. The van der Waals surface area contributed by atoms with Gasteiger partial charge in [0.05, 0.1) is 18.5 Å². The number of para-hydroxylation sites is 1. The van der Waals surface area contributed by atoms with Gasteiger partial charge in [0.25, 0.3) is 0 Å². The average molecular weight is 273 g/mol. The Bertz CT molecular complexity index is 632. The predicted molar refractivity (Wildman–Crippen MR) is 78.0 cm³/mol. The highest BCUT2D eigenvalue weighted by Crippen LogP contribution is 2.24. The summed E-state index contributed by atoms with van der Waals surface area (Å²) in [6, 6.07) is 6.04. The fraction of sp³-hybridized carbons (Fsp3) is 0.333. The van der Waals surface area contributed by atoms with Crippen LogP contribution >= 0.6 is 0 Å². The smallest absolute Gasteiger partial charge is 0.343 e. The van der Waals surface area contributed by atoms with Crippen molar-refractivity contribution < 1.29 is 9.53 Å². The molecule has 20 heavy (non-hydrogen) atoms. The molecule has 106 valence electrons. The highest BCUT2D eigenvalue weighted by atomic mass is 16.5. The first-order chi connectivity index (χ1) is 9.60. The minimum atomic E-state index is -0.442. The van der Waals surface area contributed by atoms with E-state index in [0.717, 1.165) is 23.2 Å². The van der Waals surface area contributed by atoms with E-state index in [0.29, 0.717) is 18.0 Å².